The molecule has 0 saturated carbocycles. The van der Waals surface area contributed by atoms with Gasteiger partial charge in [0, 0.05) is 6.61 Å². The normalized spacial score (nSPS) is 11.5. The summed E-state index contributed by atoms with van der Waals surface area (Å²) in [7, 11) is -4.15. The number of hydrogen-bond donors (Lipinski definition) is 1. The first-order chi connectivity index (χ1) is 9.04. The molecule has 6 nitrogen and oxygen atoms in total. The Kier molecular flexibility index (Phi) is 6.79. The van der Waals surface area contributed by atoms with Crippen molar-refractivity contribution in [3.8, 4) is 5.75 Å². The largest absolute Gasteiger partial charge is 0.491 e. The van der Waals surface area contributed by atoms with Crippen molar-refractivity contribution in [1.29, 1.82) is 0 Å². The summed E-state index contributed by atoms with van der Waals surface area (Å²) in [6.45, 7) is 4.43. The smallest absolute Gasteiger partial charge is 0.294 e. The van der Waals surface area contributed by atoms with Crippen LogP contribution in [0.25, 0.3) is 0 Å². The highest BCUT2D eigenvalue weighted by Gasteiger charge is 2.08. The minimum atomic E-state index is -4.15. The van der Waals surface area contributed by atoms with Crippen LogP contribution in [0.4, 0.5) is 0 Å². The maximum Gasteiger partial charge on any atom is 0.294 e. The second kappa shape index (κ2) is 8.11. The van der Waals surface area contributed by atoms with Crippen molar-refractivity contribution in [3.05, 3.63) is 24.3 Å². The maximum absolute atomic E-state index is 10.8. The van der Waals surface area contributed by atoms with E-state index in [2.05, 4.69) is 0 Å². The van der Waals surface area contributed by atoms with E-state index < -0.39 is 10.1 Å². The van der Waals surface area contributed by atoms with Gasteiger partial charge in [-0.1, -0.05) is 0 Å². The van der Waals surface area contributed by atoms with E-state index in [-0.39, 0.29) is 4.90 Å². The molecule has 0 aliphatic rings. The molecule has 1 N–H and O–H groups in total. The van der Waals surface area contributed by atoms with Crippen LogP contribution in [0.15, 0.2) is 29.2 Å². The van der Waals surface area contributed by atoms with Gasteiger partial charge >= 0.3 is 0 Å². The fourth-order valence-corrected chi connectivity index (χ4v) is 1.77. The van der Waals surface area contributed by atoms with Crippen LogP contribution in [0.2, 0.25) is 0 Å². The average molecular weight is 290 g/mol. The van der Waals surface area contributed by atoms with Gasteiger partial charge in [0.05, 0.1) is 24.7 Å². The average Bonchev–Trinajstić information content (AvgIpc) is 2.37. The summed E-state index contributed by atoms with van der Waals surface area (Å²) in [5.74, 6) is 0.515. The monoisotopic (exact) mass is 290 g/mol. The highest BCUT2D eigenvalue weighted by Crippen LogP contribution is 2.15. The zero-order chi connectivity index (χ0) is 14.1. The molecule has 1 rings (SSSR count). The molecule has 0 bridgehead atoms. The van der Waals surface area contributed by atoms with Crippen LogP contribution in [0, 0.1) is 0 Å². The quantitative estimate of drug-likeness (QED) is 0.546. The molecule has 0 aliphatic heterocycles. The summed E-state index contributed by atoms with van der Waals surface area (Å²) in [5, 5.41) is 0. The van der Waals surface area contributed by atoms with E-state index in [1.54, 1.807) is 0 Å². The molecule has 0 aliphatic carbocycles. The standard InChI is InChI=1S/C12H18O6S/c1-2-16-7-8-17-9-10-18-11-3-5-12(6-4-11)19(13,14)15/h3-6H,2,7-10H2,1H3,(H,13,14,15). The molecule has 0 atom stereocenters. The van der Waals surface area contributed by atoms with Crippen LogP contribution in [0.1, 0.15) is 6.92 Å². The third-order valence-electron chi connectivity index (χ3n) is 2.19. The molecule has 0 spiro atoms. The Balaban J connectivity index is 2.23. The lowest BCUT2D eigenvalue weighted by Gasteiger charge is -2.07. The Morgan fingerprint density at radius 2 is 1.58 bits per heavy atom. The van der Waals surface area contributed by atoms with E-state index in [9.17, 15) is 8.42 Å². The summed E-state index contributed by atoms with van der Waals surface area (Å²) in [5.41, 5.74) is 0. The van der Waals surface area contributed by atoms with Gasteiger partial charge in [-0.2, -0.15) is 8.42 Å². The van der Waals surface area contributed by atoms with Crippen molar-refractivity contribution in [1.82, 2.24) is 0 Å². The summed E-state index contributed by atoms with van der Waals surface area (Å²) in [6, 6.07) is 5.51. The van der Waals surface area contributed by atoms with Crippen molar-refractivity contribution in [2.75, 3.05) is 33.0 Å². The van der Waals surface area contributed by atoms with Crippen molar-refractivity contribution in [2.45, 2.75) is 11.8 Å². The topological polar surface area (TPSA) is 82.1 Å². The van der Waals surface area contributed by atoms with Crippen LogP contribution >= 0.6 is 0 Å². The van der Waals surface area contributed by atoms with Crippen molar-refractivity contribution in [2.24, 2.45) is 0 Å². The summed E-state index contributed by atoms with van der Waals surface area (Å²) < 4.78 is 46.1. The van der Waals surface area contributed by atoms with E-state index in [0.29, 0.717) is 38.8 Å². The molecule has 19 heavy (non-hydrogen) atoms. The van der Waals surface area contributed by atoms with E-state index >= 15 is 0 Å². The first kappa shape index (κ1) is 15.9. The van der Waals surface area contributed by atoms with Gasteiger partial charge in [0.15, 0.2) is 0 Å². The summed E-state index contributed by atoms with van der Waals surface area (Å²) in [6.07, 6.45) is 0. The Labute approximate surface area is 113 Å². The van der Waals surface area contributed by atoms with Gasteiger partial charge in [-0.05, 0) is 31.2 Å². The van der Waals surface area contributed by atoms with Crippen LogP contribution in [-0.4, -0.2) is 46.0 Å². The van der Waals surface area contributed by atoms with Crippen LogP contribution < -0.4 is 4.74 Å². The molecule has 0 unspecified atom stereocenters. The molecular weight excluding hydrogens is 272 g/mol. The molecule has 7 heteroatoms. The van der Waals surface area contributed by atoms with E-state index in [1.165, 1.54) is 24.3 Å². The zero-order valence-electron chi connectivity index (χ0n) is 10.7. The van der Waals surface area contributed by atoms with Gasteiger partial charge in [0.25, 0.3) is 10.1 Å². The first-order valence-electron chi connectivity index (χ1n) is 5.90. The van der Waals surface area contributed by atoms with E-state index in [4.69, 9.17) is 18.8 Å². The summed E-state index contributed by atoms with van der Waals surface area (Å²) >= 11 is 0. The maximum atomic E-state index is 10.8. The fraction of sp³-hybridized carbons (Fsp3) is 0.500. The predicted molar refractivity (Wildman–Crippen MR) is 69.1 cm³/mol. The van der Waals surface area contributed by atoms with Gasteiger partial charge < -0.3 is 14.2 Å². The minimum absolute atomic E-state index is 0.159. The fourth-order valence-electron chi connectivity index (χ4n) is 1.29. The minimum Gasteiger partial charge on any atom is -0.491 e. The Morgan fingerprint density at radius 3 is 2.16 bits per heavy atom. The van der Waals surface area contributed by atoms with E-state index in [1.807, 2.05) is 6.92 Å². The second-order valence-corrected chi connectivity index (χ2v) is 5.03. The molecular formula is C12H18O6S. The first-order valence-corrected chi connectivity index (χ1v) is 7.34. The van der Waals surface area contributed by atoms with Crippen molar-refractivity contribution in [3.63, 3.8) is 0 Å². The lowest BCUT2D eigenvalue weighted by Crippen LogP contribution is -2.10. The molecule has 0 saturated heterocycles. The van der Waals surface area contributed by atoms with E-state index in [0.717, 1.165) is 0 Å². The molecule has 0 amide bonds. The Bertz CT molecular complexity index is 454. The third-order valence-corrected chi connectivity index (χ3v) is 3.06. The molecule has 1 aromatic carbocycles. The zero-order valence-corrected chi connectivity index (χ0v) is 11.6. The molecule has 0 heterocycles. The molecule has 0 radical (unpaired) electrons. The number of hydrogen-bond acceptors (Lipinski definition) is 5. The highest BCUT2D eigenvalue weighted by atomic mass is 32.2. The van der Waals surface area contributed by atoms with Crippen LogP contribution in [-0.2, 0) is 19.6 Å². The number of ether oxygens (including phenoxy) is 3. The Morgan fingerprint density at radius 1 is 1.00 bits per heavy atom. The van der Waals surface area contributed by atoms with Crippen LogP contribution in [0.5, 0.6) is 5.75 Å². The molecule has 0 aromatic heterocycles. The van der Waals surface area contributed by atoms with Crippen LogP contribution in [0.3, 0.4) is 0 Å². The highest BCUT2D eigenvalue weighted by molar-refractivity contribution is 7.85. The van der Waals surface area contributed by atoms with Gasteiger partial charge in [0.2, 0.25) is 0 Å². The lowest BCUT2D eigenvalue weighted by atomic mass is 10.3. The molecule has 1 aromatic rings. The van der Waals surface area contributed by atoms with Gasteiger partial charge in [-0.3, -0.25) is 4.55 Å². The van der Waals surface area contributed by atoms with Gasteiger partial charge in [-0.15, -0.1) is 0 Å². The van der Waals surface area contributed by atoms with Crippen molar-refractivity contribution >= 4 is 10.1 Å². The Hall–Kier alpha value is -1.15. The predicted octanol–water partition coefficient (Wildman–Crippen LogP) is 1.37. The lowest BCUT2D eigenvalue weighted by molar-refractivity contribution is 0.0405. The SMILES string of the molecule is CCOCCOCCOc1ccc(S(=O)(=O)O)cc1. The third kappa shape index (κ3) is 6.53. The molecule has 0 fully saturated rings. The number of rotatable bonds is 9. The number of benzene rings is 1. The van der Waals surface area contributed by atoms with Crippen molar-refractivity contribution < 1.29 is 27.2 Å². The summed E-state index contributed by atoms with van der Waals surface area (Å²) in [4.78, 5) is -0.159. The van der Waals surface area contributed by atoms with Gasteiger partial charge in [0.1, 0.15) is 12.4 Å². The van der Waals surface area contributed by atoms with Gasteiger partial charge in [-0.25, -0.2) is 0 Å². The molecule has 108 valence electrons. The second-order valence-electron chi connectivity index (χ2n) is 3.60.